The predicted molar refractivity (Wildman–Crippen MR) is 79.2 cm³/mol. The Morgan fingerprint density at radius 3 is 2.90 bits per heavy atom. The molecule has 0 saturated heterocycles. The molecule has 3 N–H and O–H groups in total. The van der Waals surface area contributed by atoms with Crippen LogP contribution in [0.2, 0.25) is 0 Å². The van der Waals surface area contributed by atoms with Crippen molar-refractivity contribution in [1.82, 2.24) is 4.98 Å². The number of rotatable bonds is 3. The highest BCUT2D eigenvalue weighted by molar-refractivity contribution is 7.91. The number of hydrogen-bond donors (Lipinski definition) is 2. The number of aryl methyl sites for hydroxylation is 1. The van der Waals surface area contributed by atoms with Crippen LogP contribution in [-0.4, -0.2) is 13.4 Å². The number of anilines is 1. The van der Waals surface area contributed by atoms with Gasteiger partial charge in [0.15, 0.2) is 9.34 Å². The molecule has 1 atom stereocenters. The van der Waals surface area contributed by atoms with E-state index in [4.69, 9.17) is 5.14 Å². The van der Waals surface area contributed by atoms with Gasteiger partial charge < -0.3 is 5.32 Å². The van der Waals surface area contributed by atoms with Crippen molar-refractivity contribution in [1.29, 1.82) is 0 Å². The maximum absolute atomic E-state index is 11.3. The van der Waals surface area contributed by atoms with Crippen molar-refractivity contribution in [2.45, 2.75) is 29.5 Å². The lowest BCUT2D eigenvalue weighted by Gasteiger charge is -2.26. The largest absolute Gasteiger partial charge is 0.355 e. The van der Waals surface area contributed by atoms with Crippen LogP contribution in [-0.2, 0) is 16.4 Å². The van der Waals surface area contributed by atoms with Crippen molar-refractivity contribution < 1.29 is 8.42 Å². The molecule has 20 heavy (non-hydrogen) atoms. The summed E-state index contributed by atoms with van der Waals surface area (Å²) >= 11 is 1.07. The second-order valence-corrected chi connectivity index (χ2v) is 7.64. The summed E-state index contributed by atoms with van der Waals surface area (Å²) in [5, 5.41) is 9.00. The molecule has 5 nitrogen and oxygen atoms in total. The molecule has 1 heterocycles. The summed E-state index contributed by atoms with van der Waals surface area (Å²) in [7, 11) is -3.67. The second kappa shape index (κ2) is 5.16. The summed E-state index contributed by atoms with van der Waals surface area (Å²) in [6.45, 7) is 0. The van der Waals surface area contributed by atoms with E-state index < -0.39 is 10.0 Å². The van der Waals surface area contributed by atoms with Gasteiger partial charge in [-0.2, -0.15) is 0 Å². The van der Waals surface area contributed by atoms with E-state index in [1.165, 1.54) is 17.3 Å². The Bertz CT molecular complexity index is 725. The third-order valence-corrected chi connectivity index (χ3v) is 5.77. The number of nitrogens with two attached hydrogens (primary N) is 1. The minimum Gasteiger partial charge on any atom is -0.355 e. The first-order valence-electron chi connectivity index (χ1n) is 6.37. The number of thiazole rings is 1. The van der Waals surface area contributed by atoms with Gasteiger partial charge in [-0.3, -0.25) is 0 Å². The zero-order chi connectivity index (χ0) is 14.2. The van der Waals surface area contributed by atoms with Crippen LogP contribution >= 0.6 is 11.3 Å². The number of fused-ring (bicyclic) bond motifs is 1. The Labute approximate surface area is 121 Å². The zero-order valence-corrected chi connectivity index (χ0v) is 12.4. The van der Waals surface area contributed by atoms with E-state index in [0.717, 1.165) is 30.6 Å². The maximum Gasteiger partial charge on any atom is 0.249 e. The fraction of sp³-hybridized carbons (Fsp3) is 0.308. The summed E-state index contributed by atoms with van der Waals surface area (Å²) in [5.41, 5.74) is 2.62. The van der Waals surface area contributed by atoms with Gasteiger partial charge in [-0.1, -0.05) is 35.6 Å². The standard InChI is InChI=1S/C13H15N3O2S2/c14-20(17,18)12-8-15-13(19-12)16-11-7-3-5-9-4-1-2-6-10(9)11/h1-2,4,6,8,11H,3,5,7H2,(H,15,16)(H2,14,17,18). The minimum atomic E-state index is -3.67. The Kier molecular flexibility index (Phi) is 3.49. The third-order valence-electron chi connectivity index (χ3n) is 3.43. The average molecular weight is 309 g/mol. The molecule has 1 unspecified atom stereocenters. The van der Waals surface area contributed by atoms with Crippen LogP contribution in [0.15, 0.2) is 34.7 Å². The molecule has 0 bridgehead atoms. The Morgan fingerprint density at radius 2 is 2.15 bits per heavy atom. The molecule has 7 heteroatoms. The SMILES string of the molecule is NS(=O)(=O)c1cnc(NC2CCCc3ccccc32)s1. The van der Waals surface area contributed by atoms with Gasteiger partial charge in [-0.15, -0.1) is 0 Å². The number of sulfonamides is 1. The van der Waals surface area contributed by atoms with E-state index in [9.17, 15) is 8.42 Å². The molecule has 1 aromatic heterocycles. The van der Waals surface area contributed by atoms with Gasteiger partial charge in [0.1, 0.15) is 0 Å². The highest BCUT2D eigenvalue weighted by Gasteiger charge is 2.21. The van der Waals surface area contributed by atoms with Crippen molar-refractivity contribution in [3.63, 3.8) is 0 Å². The van der Waals surface area contributed by atoms with Crippen LogP contribution in [0.1, 0.15) is 30.0 Å². The summed E-state index contributed by atoms with van der Waals surface area (Å²) in [5.74, 6) is 0. The lowest BCUT2D eigenvalue weighted by molar-refractivity contribution is 0.599. The first kappa shape index (κ1) is 13.5. The van der Waals surface area contributed by atoms with Crippen LogP contribution in [0.5, 0.6) is 0 Å². The van der Waals surface area contributed by atoms with Gasteiger partial charge in [0.2, 0.25) is 10.0 Å². The summed E-state index contributed by atoms with van der Waals surface area (Å²) in [6, 6.07) is 8.50. The molecule has 2 aromatic rings. The number of benzene rings is 1. The van der Waals surface area contributed by atoms with Crippen LogP contribution in [0.25, 0.3) is 0 Å². The predicted octanol–water partition coefficient (Wildman–Crippen LogP) is 2.28. The van der Waals surface area contributed by atoms with E-state index in [0.29, 0.717) is 5.13 Å². The first-order chi connectivity index (χ1) is 9.54. The number of hydrogen-bond acceptors (Lipinski definition) is 5. The fourth-order valence-electron chi connectivity index (χ4n) is 2.51. The van der Waals surface area contributed by atoms with E-state index in [1.54, 1.807) is 0 Å². The minimum absolute atomic E-state index is 0.0871. The second-order valence-electron chi connectivity index (χ2n) is 4.82. The highest BCUT2D eigenvalue weighted by Crippen LogP contribution is 2.33. The van der Waals surface area contributed by atoms with Gasteiger partial charge in [-0.25, -0.2) is 18.5 Å². The molecule has 1 aliphatic carbocycles. The Balaban J connectivity index is 1.84. The molecular formula is C13H15N3O2S2. The normalized spacial score (nSPS) is 18.6. The third kappa shape index (κ3) is 2.70. The van der Waals surface area contributed by atoms with Gasteiger partial charge >= 0.3 is 0 Å². The number of aromatic nitrogens is 1. The van der Waals surface area contributed by atoms with E-state index >= 15 is 0 Å². The van der Waals surface area contributed by atoms with Gasteiger partial charge in [-0.05, 0) is 30.4 Å². The van der Waals surface area contributed by atoms with E-state index in [1.807, 2.05) is 12.1 Å². The number of primary sulfonamides is 1. The first-order valence-corrected chi connectivity index (χ1v) is 8.73. The van der Waals surface area contributed by atoms with Crippen molar-refractivity contribution in [3.8, 4) is 0 Å². The maximum atomic E-state index is 11.3. The van der Waals surface area contributed by atoms with Gasteiger partial charge in [0.25, 0.3) is 0 Å². The molecule has 0 spiro atoms. The molecule has 1 aromatic carbocycles. The van der Waals surface area contributed by atoms with Crippen LogP contribution < -0.4 is 10.5 Å². The van der Waals surface area contributed by atoms with Gasteiger partial charge in [0.05, 0.1) is 12.2 Å². The number of nitrogens with one attached hydrogen (secondary N) is 1. The molecular weight excluding hydrogens is 294 g/mol. The topological polar surface area (TPSA) is 85.1 Å². The summed E-state index contributed by atoms with van der Waals surface area (Å²) in [6.07, 6.45) is 4.52. The fourth-order valence-corrected chi connectivity index (χ4v) is 4.01. The molecule has 0 amide bonds. The van der Waals surface area contributed by atoms with Gasteiger partial charge in [0, 0.05) is 0 Å². The van der Waals surface area contributed by atoms with Crippen LogP contribution in [0.3, 0.4) is 0 Å². The monoisotopic (exact) mass is 309 g/mol. The number of nitrogens with zero attached hydrogens (tertiary/aromatic N) is 1. The molecule has 0 saturated carbocycles. The Morgan fingerprint density at radius 1 is 1.35 bits per heavy atom. The molecule has 0 fully saturated rings. The molecule has 3 rings (SSSR count). The zero-order valence-electron chi connectivity index (χ0n) is 10.7. The lowest BCUT2D eigenvalue weighted by atomic mass is 9.88. The molecule has 0 aliphatic heterocycles. The highest BCUT2D eigenvalue weighted by atomic mass is 32.2. The quantitative estimate of drug-likeness (QED) is 0.911. The van der Waals surface area contributed by atoms with Crippen molar-refractivity contribution in [3.05, 3.63) is 41.6 Å². The molecule has 1 aliphatic rings. The van der Waals surface area contributed by atoms with Crippen molar-refractivity contribution >= 4 is 26.5 Å². The summed E-state index contributed by atoms with van der Waals surface area (Å²) in [4.78, 5) is 4.10. The molecule has 106 valence electrons. The van der Waals surface area contributed by atoms with Crippen LogP contribution in [0.4, 0.5) is 5.13 Å². The van der Waals surface area contributed by atoms with Crippen LogP contribution in [0, 0.1) is 0 Å². The van der Waals surface area contributed by atoms with Crippen molar-refractivity contribution in [2.24, 2.45) is 5.14 Å². The smallest absolute Gasteiger partial charge is 0.249 e. The van der Waals surface area contributed by atoms with E-state index in [2.05, 4.69) is 22.4 Å². The average Bonchev–Trinajstić information content (AvgIpc) is 2.88. The molecule has 0 radical (unpaired) electrons. The Hall–Kier alpha value is -1.44. The summed E-state index contributed by atoms with van der Waals surface area (Å²) < 4.78 is 22.6. The lowest BCUT2D eigenvalue weighted by Crippen LogP contribution is -2.17. The van der Waals surface area contributed by atoms with Crippen molar-refractivity contribution in [2.75, 3.05) is 5.32 Å². The van der Waals surface area contributed by atoms with E-state index in [-0.39, 0.29) is 10.3 Å².